The Balaban J connectivity index is 0.00000169. The van der Waals surface area contributed by atoms with Crippen molar-refractivity contribution in [3.63, 3.8) is 0 Å². The predicted molar refractivity (Wildman–Crippen MR) is 60.8 cm³/mol. The van der Waals surface area contributed by atoms with E-state index < -0.39 is 0 Å². The Morgan fingerprint density at radius 2 is 1.64 bits per heavy atom. The van der Waals surface area contributed by atoms with Crippen molar-refractivity contribution in [2.24, 2.45) is 0 Å². The Bertz CT molecular complexity index is 290. The van der Waals surface area contributed by atoms with E-state index in [-0.39, 0.29) is 30.3 Å². The summed E-state index contributed by atoms with van der Waals surface area (Å²) in [5.41, 5.74) is 0.532. The molecule has 0 radical (unpaired) electrons. The predicted octanol–water partition coefficient (Wildman–Crippen LogP) is 1.57. The SMILES string of the molecule is CC(C)(C)NC(=O)c1ccccc1.[LiH]. The van der Waals surface area contributed by atoms with Gasteiger partial charge in [-0.25, -0.2) is 0 Å². The Morgan fingerprint density at radius 3 is 2.07 bits per heavy atom. The molecule has 14 heavy (non-hydrogen) atoms. The summed E-state index contributed by atoms with van der Waals surface area (Å²) in [4.78, 5) is 11.5. The third kappa shape index (κ3) is 4.50. The van der Waals surface area contributed by atoms with Crippen molar-refractivity contribution in [1.82, 2.24) is 5.32 Å². The summed E-state index contributed by atoms with van der Waals surface area (Å²) in [6.45, 7) is 5.90. The fourth-order valence-corrected chi connectivity index (χ4v) is 1.00. The first-order valence-electron chi connectivity index (χ1n) is 4.36. The van der Waals surface area contributed by atoms with Gasteiger partial charge in [0.25, 0.3) is 5.91 Å². The van der Waals surface area contributed by atoms with E-state index in [2.05, 4.69) is 5.32 Å². The molecule has 2 nitrogen and oxygen atoms in total. The molecule has 0 aromatic heterocycles. The molecule has 1 rings (SSSR count). The molecule has 0 aliphatic heterocycles. The molecule has 0 spiro atoms. The number of carbonyl (C=O) groups is 1. The maximum absolute atomic E-state index is 11.5. The average molecular weight is 185 g/mol. The zero-order valence-electron chi connectivity index (χ0n) is 8.29. The van der Waals surface area contributed by atoms with Crippen LogP contribution in [0.5, 0.6) is 0 Å². The topological polar surface area (TPSA) is 29.1 Å². The van der Waals surface area contributed by atoms with Gasteiger partial charge < -0.3 is 5.32 Å². The molecule has 1 N–H and O–H groups in total. The molecule has 0 saturated carbocycles. The molecular weight excluding hydrogens is 169 g/mol. The standard InChI is InChI=1S/C11H15NO.Li.H/c1-11(2,3)12-10(13)9-7-5-4-6-8-9;;/h4-8H,1-3H3,(H,12,13);;. The van der Waals surface area contributed by atoms with Crippen molar-refractivity contribution in [3.8, 4) is 0 Å². The molecule has 0 aliphatic rings. The van der Waals surface area contributed by atoms with Crippen LogP contribution in [0.25, 0.3) is 0 Å². The van der Waals surface area contributed by atoms with Gasteiger partial charge in [0.15, 0.2) is 0 Å². The van der Waals surface area contributed by atoms with E-state index in [9.17, 15) is 4.79 Å². The fourth-order valence-electron chi connectivity index (χ4n) is 1.00. The molecule has 1 aromatic rings. The number of hydrogen-bond donors (Lipinski definition) is 1. The normalized spacial score (nSPS) is 10.2. The fraction of sp³-hybridized carbons (Fsp3) is 0.364. The molecule has 72 valence electrons. The van der Waals surface area contributed by atoms with E-state index in [1.807, 2.05) is 39.0 Å². The number of hydrogen-bond acceptors (Lipinski definition) is 1. The average Bonchev–Trinajstić information content (AvgIpc) is 2.03. The number of nitrogens with one attached hydrogen (secondary N) is 1. The van der Waals surface area contributed by atoms with Gasteiger partial charge in [0, 0.05) is 11.1 Å². The molecule has 0 unspecified atom stereocenters. The minimum absolute atomic E-state index is 0. The second-order valence-electron chi connectivity index (χ2n) is 4.07. The third-order valence-corrected chi connectivity index (χ3v) is 1.52. The molecule has 1 aromatic carbocycles. The van der Waals surface area contributed by atoms with Crippen LogP contribution in [0.1, 0.15) is 31.1 Å². The van der Waals surface area contributed by atoms with Gasteiger partial charge in [-0.05, 0) is 32.9 Å². The van der Waals surface area contributed by atoms with Crippen molar-refractivity contribution < 1.29 is 4.79 Å². The molecule has 0 heterocycles. The zero-order chi connectivity index (χ0) is 9.90. The Labute approximate surface area is 97.3 Å². The van der Waals surface area contributed by atoms with Crippen molar-refractivity contribution in [3.05, 3.63) is 35.9 Å². The van der Waals surface area contributed by atoms with Crippen LogP contribution < -0.4 is 5.32 Å². The first kappa shape index (κ1) is 13.3. The van der Waals surface area contributed by atoms with Crippen molar-refractivity contribution >= 4 is 24.8 Å². The molecule has 0 bridgehead atoms. The summed E-state index contributed by atoms with van der Waals surface area (Å²) in [6.07, 6.45) is 0. The van der Waals surface area contributed by atoms with Crippen LogP contribution in [0.2, 0.25) is 0 Å². The van der Waals surface area contributed by atoms with Gasteiger partial charge in [-0.2, -0.15) is 0 Å². The maximum atomic E-state index is 11.5. The van der Waals surface area contributed by atoms with Gasteiger partial charge in [0.05, 0.1) is 0 Å². The van der Waals surface area contributed by atoms with Crippen molar-refractivity contribution in [2.45, 2.75) is 26.3 Å². The van der Waals surface area contributed by atoms with Gasteiger partial charge in [-0.1, -0.05) is 18.2 Å². The van der Waals surface area contributed by atoms with Gasteiger partial charge in [0.2, 0.25) is 0 Å². The number of benzene rings is 1. The van der Waals surface area contributed by atoms with Crippen LogP contribution in [-0.4, -0.2) is 30.3 Å². The summed E-state index contributed by atoms with van der Waals surface area (Å²) < 4.78 is 0. The molecule has 0 atom stereocenters. The van der Waals surface area contributed by atoms with E-state index in [4.69, 9.17) is 0 Å². The zero-order valence-corrected chi connectivity index (χ0v) is 8.29. The van der Waals surface area contributed by atoms with Gasteiger partial charge >= 0.3 is 18.9 Å². The Kier molecular flexibility index (Phi) is 4.97. The molecule has 1 amide bonds. The summed E-state index contributed by atoms with van der Waals surface area (Å²) in [5.74, 6) is -0.0203. The second kappa shape index (κ2) is 5.24. The number of carbonyl (C=O) groups excluding carboxylic acids is 1. The minimum atomic E-state index is -0.174. The monoisotopic (exact) mass is 185 g/mol. The summed E-state index contributed by atoms with van der Waals surface area (Å²) in [6, 6.07) is 9.23. The van der Waals surface area contributed by atoms with Crippen LogP contribution >= 0.6 is 0 Å². The first-order valence-corrected chi connectivity index (χ1v) is 4.36. The van der Waals surface area contributed by atoms with Gasteiger partial charge in [-0.15, -0.1) is 0 Å². The Morgan fingerprint density at radius 1 is 1.14 bits per heavy atom. The van der Waals surface area contributed by atoms with Crippen LogP contribution in [0.3, 0.4) is 0 Å². The quantitative estimate of drug-likeness (QED) is 0.661. The molecular formula is C11H16LiNO. The van der Waals surface area contributed by atoms with Crippen LogP contribution in [0.4, 0.5) is 0 Å². The van der Waals surface area contributed by atoms with Crippen LogP contribution in [0.15, 0.2) is 30.3 Å². The van der Waals surface area contributed by atoms with Gasteiger partial charge in [-0.3, -0.25) is 4.79 Å². The van der Waals surface area contributed by atoms with Crippen molar-refractivity contribution in [1.29, 1.82) is 0 Å². The summed E-state index contributed by atoms with van der Waals surface area (Å²) in [5, 5.41) is 2.90. The van der Waals surface area contributed by atoms with Crippen LogP contribution in [0, 0.1) is 0 Å². The molecule has 0 aliphatic carbocycles. The van der Waals surface area contributed by atoms with Crippen LogP contribution in [-0.2, 0) is 0 Å². The van der Waals surface area contributed by atoms with E-state index >= 15 is 0 Å². The molecule has 0 fully saturated rings. The summed E-state index contributed by atoms with van der Waals surface area (Å²) in [7, 11) is 0. The van der Waals surface area contributed by atoms with E-state index in [0.29, 0.717) is 5.56 Å². The van der Waals surface area contributed by atoms with E-state index in [0.717, 1.165) is 0 Å². The molecule has 0 saturated heterocycles. The number of amides is 1. The van der Waals surface area contributed by atoms with Crippen molar-refractivity contribution in [2.75, 3.05) is 0 Å². The number of rotatable bonds is 1. The third-order valence-electron chi connectivity index (χ3n) is 1.52. The first-order chi connectivity index (χ1) is 5.99. The van der Waals surface area contributed by atoms with Gasteiger partial charge in [0.1, 0.15) is 0 Å². The second-order valence-corrected chi connectivity index (χ2v) is 4.07. The Hall–Kier alpha value is -0.713. The molecule has 3 heteroatoms. The van der Waals surface area contributed by atoms with E-state index in [1.165, 1.54) is 0 Å². The summed E-state index contributed by atoms with van der Waals surface area (Å²) >= 11 is 0. The van der Waals surface area contributed by atoms with E-state index in [1.54, 1.807) is 12.1 Å².